The lowest BCUT2D eigenvalue weighted by atomic mass is 10.1. The third-order valence-corrected chi connectivity index (χ3v) is 3.89. The average Bonchev–Trinajstić information content (AvgIpc) is 3.35. The maximum Gasteiger partial charge on any atom is 0.320 e. The number of rotatable bonds is 5. The highest BCUT2D eigenvalue weighted by Crippen LogP contribution is 2.44. The van der Waals surface area contributed by atoms with Crippen LogP contribution in [0, 0.1) is 5.41 Å². The summed E-state index contributed by atoms with van der Waals surface area (Å²) in [6.07, 6.45) is 1.91. The lowest BCUT2D eigenvalue weighted by molar-refractivity contribution is 0.206. The quantitative estimate of drug-likeness (QED) is 0.788. The highest BCUT2D eigenvalue weighted by Gasteiger charge is 2.42. The molecule has 2 amide bonds. The highest BCUT2D eigenvalue weighted by molar-refractivity contribution is 5.88. The number of aliphatic hydroxyl groups is 1. The molecule has 22 heavy (non-hydrogen) atoms. The van der Waals surface area contributed by atoms with Crippen LogP contribution in [0.4, 0.5) is 10.6 Å². The molecule has 114 valence electrons. The van der Waals surface area contributed by atoms with Crippen molar-refractivity contribution in [3.8, 4) is 11.3 Å². The molecule has 6 heteroatoms. The van der Waals surface area contributed by atoms with E-state index in [0.717, 1.165) is 24.1 Å². The van der Waals surface area contributed by atoms with Gasteiger partial charge in [-0.25, -0.2) is 4.79 Å². The standard InChI is InChI=1S/C16H18N4O2/c21-11-16(8-9-16)10-17-15(22)18-14-7-6-13(19-20-14)12-4-2-1-3-5-12/h1-7,21H,8-11H2,(H2,17,18,20,22). The van der Waals surface area contributed by atoms with Gasteiger partial charge >= 0.3 is 6.03 Å². The molecule has 1 heterocycles. The first-order chi connectivity index (χ1) is 10.7. The van der Waals surface area contributed by atoms with E-state index >= 15 is 0 Å². The third kappa shape index (κ3) is 3.40. The summed E-state index contributed by atoms with van der Waals surface area (Å²) in [7, 11) is 0. The second-order valence-corrected chi connectivity index (χ2v) is 5.64. The van der Waals surface area contributed by atoms with Gasteiger partial charge in [0.15, 0.2) is 5.82 Å². The Morgan fingerprint density at radius 3 is 2.50 bits per heavy atom. The van der Waals surface area contributed by atoms with Crippen LogP contribution in [-0.2, 0) is 0 Å². The predicted molar refractivity (Wildman–Crippen MR) is 83.2 cm³/mol. The van der Waals surface area contributed by atoms with Crippen LogP contribution in [0.2, 0.25) is 0 Å². The number of carbonyl (C=O) groups is 1. The van der Waals surface area contributed by atoms with Crippen LogP contribution in [0.25, 0.3) is 11.3 Å². The zero-order valence-corrected chi connectivity index (χ0v) is 12.1. The molecule has 3 N–H and O–H groups in total. The molecule has 0 aliphatic heterocycles. The van der Waals surface area contributed by atoms with Crippen molar-refractivity contribution in [3.05, 3.63) is 42.5 Å². The molecular weight excluding hydrogens is 280 g/mol. The van der Waals surface area contributed by atoms with Gasteiger partial charge in [-0.15, -0.1) is 10.2 Å². The third-order valence-electron chi connectivity index (χ3n) is 3.89. The number of nitrogens with one attached hydrogen (secondary N) is 2. The second-order valence-electron chi connectivity index (χ2n) is 5.64. The molecule has 3 rings (SSSR count). The van der Waals surface area contributed by atoms with Crippen LogP contribution in [0.5, 0.6) is 0 Å². The number of aromatic nitrogens is 2. The minimum atomic E-state index is -0.332. The fourth-order valence-corrected chi connectivity index (χ4v) is 2.16. The summed E-state index contributed by atoms with van der Waals surface area (Å²) in [5.74, 6) is 0.394. The second kappa shape index (κ2) is 6.11. The molecule has 2 aromatic rings. The molecule has 0 saturated heterocycles. The Bertz CT molecular complexity index is 639. The molecule has 1 saturated carbocycles. The molecule has 1 fully saturated rings. The Hall–Kier alpha value is -2.47. The lowest BCUT2D eigenvalue weighted by Crippen LogP contribution is -2.35. The van der Waals surface area contributed by atoms with Crippen LogP contribution in [-0.4, -0.2) is 34.5 Å². The van der Waals surface area contributed by atoms with E-state index in [-0.39, 0.29) is 18.1 Å². The smallest absolute Gasteiger partial charge is 0.320 e. The molecule has 0 radical (unpaired) electrons. The van der Waals surface area contributed by atoms with Gasteiger partial charge in [0.2, 0.25) is 0 Å². The Labute approximate surface area is 128 Å². The summed E-state index contributed by atoms with van der Waals surface area (Å²) in [5.41, 5.74) is 1.62. The number of amides is 2. The van der Waals surface area contributed by atoms with E-state index < -0.39 is 0 Å². The van der Waals surface area contributed by atoms with Gasteiger partial charge in [-0.05, 0) is 25.0 Å². The molecule has 1 aromatic heterocycles. The van der Waals surface area contributed by atoms with E-state index in [1.807, 2.05) is 36.4 Å². The molecule has 0 unspecified atom stereocenters. The fraction of sp³-hybridized carbons (Fsp3) is 0.312. The van der Waals surface area contributed by atoms with Crippen molar-refractivity contribution in [1.82, 2.24) is 15.5 Å². The molecule has 1 aliphatic carbocycles. The van der Waals surface area contributed by atoms with Gasteiger partial charge in [0.05, 0.1) is 12.3 Å². The van der Waals surface area contributed by atoms with Gasteiger partial charge in [0, 0.05) is 17.5 Å². The first kappa shape index (κ1) is 14.5. The van der Waals surface area contributed by atoms with Gasteiger partial charge in [0.25, 0.3) is 0 Å². The maximum atomic E-state index is 11.8. The monoisotopic (exact) mass is 298 g/mol. The largest absolute Gasteiger partial charge is 0.396 e. The Morgan fingerprint density at radius 2 is 1.91 bits per heavy atom. The summed E-state index contributed by atoms with van der Waals surface area (Å²) < 4.78 is 0. The van der Waals surface area contributed by atoms with Gasteiger partial charge < -0.3 is 10.4 Å². The van der Waals surface area contributed by atoms with E-state index in [9.17, 15) is 9.90 Å². The molecule has 0 bridgehead atoms. The minimum Gasteiger partial charge on any atom is -0.396 e. The number of hydrogen-bond donors (Lipinski definition) is 3. The zero-order chi connectivity index (χ0) is 15.4. The van der Waals surface area contributed by atoms with Crippen LogP contribution in [0.1, 0.15) is 12.8 Å². The molecule has 1 aromatic carbocycles. The summed E-state index contributed by atoms with van der Waals surface area (Å²) in [4.78, 5) is 11.8. The van der Waals surface area contributed by atoms with Crippen molar-refractivity contribution in [2.24, 2.45) is 5.41 Å². The van der Waals surface area contributed by atoms with Crippen LogP contribution in [0.15, 0.2) is 42.5 Å². The summed E-state index contributed by atoms with van der Waals surface area (Å²) in [5, 5.41) is 22.7. The minimum absolute atomic E-state index is 0.110. The van der Waals surface area contributed by atoms with Gasteiger partial charge in [-0.2, -0.15) is 0 Å². The highest BCUT2D eigenvalue weighted by atomic mass is 16.3. The SMILES string of the molecule is O=C(NCC1(CO)CC1)Nc1ccc(-c2ccccc2)nn1. The van der Waals surface area contributed by atoms with Crippen LogP contribution in [0.3, 0.4) is 0 Å². The van der Waals surface area contributed by atoms with Crippen LogP contribution < -0.4 is 10.6 Å². The summed E-state index contributed by atoms with van der Waals surface area (Å²) in [6.45, 7) is 0.587. The first-order valence-electron chi connectivity index (χ1n) is 7.26. The van der Waals surface area contributed by atoms with Crippen LogP contribution >= 0.6 is 0 Å². The molecule has 0 atom stereocenters. The first-order valence-corrected chi connectivity index (χ1v) is 7.26. The number of anilines is 1. The summed E-state index contributed by atoms with van der Waals surface area (Å²) >= 11 is 0. The number of nitrogens with zero attached hydrogens (tertiary/aromatic N) is 2. The zero-order valence-electron chi connectivity index (χ0n) is 12.1. The van der Waals surface area contributed by atoms with Gasteiger partial charge in [-0.1, -0.05) is 30.3 Å². The molecular formula is C16H18N4O2. The van der Waals surface area contributed by atoms with E-state index in [1.54, 1.807) is 6.07 Å². The van der Waals surface area contributed by atoms with Crippen molar-refractivity contribution in [2.75, 3.05) is 18.5 Å². The maximum absolute atomic E-state index is 11.8. The Balaban J connectivity index is 1.56. The number of urea groups is 1. The normalized spacial score (nSPS) is 15.1. The number of aliphatic hydroxyl groups excluding tert-OH is 1. The van der Waals surface area contributed by atoms with Crippen molar-refractivity contribution in [1.29, 1.82) is 0 Å². The number of benzene rings is 1. The predicted octanol–water partition coefficient (Wildman–Crippen LogP) is 2.04. The van der Waals surface area contributed by atoms with Crippen molar-refractivity contribution in [2.45, 2.75) is 12.8 Å². The van der Waals surface area contributed by atoms with Crippen molar-refractivity contribution >= 4 is 11.8 Å². The molecule has 1 aliphatic rings. The van der Waals surface area contributed by atoms with Gasteiger partial charge in [0.1, 0.15) is 0 Å². The van der Waals surface area contributed by atoms with Crippen molar-refractivity contribution < 1.29 is 9.90 Å². The van der Waals surface area contributed by atoms with E-state index in [2.05, 4.69) is 20.8 Å². The van der Waals surface area contributed by atoms with E-state index in [4.69, 9.17) is 0 Å². The van der Waals surface area contributed by atoms with E-state index in [0.29, 0.717) is 12.4 Å². The Morgan fingerprint density at radius 1 is 1.14 bits per heavy atom. The molecule has 0 spiro atoms. The summed E-state index contributed by atoms with van der Waals surface area (Å²) in [6, 6.07) is 12.9. The fourth-order valence-electron chi connectivity index (χ4n) is 2.16. The topological polar surface area (TPSA) is 87.1 Å². The Kier molecular flexibility index (Phi) is 4.02. The lowest BCUT2D eigenvalue weighted by Gasteiger charge is -2.13. The van der Waals surface area contributed by atoms with Crippen molar-refractivity contribution in [3.63, 3.8) is 0 Å². The van der Waals surface area contributed by atoms with Gasteiger partial charge in [-0.3, -0.25) is 5.32 Å². The molecule has 6 nitrogen and oxygen atoms in total. The average molecular weight is 298 g/mol. The number of hydrogen-bond acceptors (Lipinski definition) is 4. The number of carbonyl (C=O) groups excluding carboxylic acids is 1. The van der Waals surface area contributed by atoms with E-state index in [1.165, 1.54) is 0 Å².